The summed E-state index contributed by atoms with van der Waals surface area (Å²) in [6, 6.07) is 0. The third-order valence-corrected chi connectivity index (χ3v) is 5.22. The zero-order chi connectivity index (χ0) is 13.1. The van der Waals surface area contributed by atoms with Crippen molar-refractivity contribution >= 4 is 10.2 Å². The Kier molecular flexibility index (Phi) is 5.33. The molecule has 17 heavy (non-hydrogen) atoms. The Morgan fingerprint density at radius 2 is 2.24 bits per heavy atom. The molecule has 0 aliphatic carbocycles. The second-order valence-corrected chi connectivity index (χ2v) is 6.65. The highest BCUT2D eigenvalue weighted by Gasteiger charge is 2.35. The van der Waals surface area contributed by atoms with Crippen LogP contribution < -0.4 is 5.73 Å². The molecule has 0 amide bonds. The van der Waals surface area contributed by atoms with Crippen LogP contribution in [-0.2, 0) is 10.2 Å². The molecular weight excluding hydrogens is 242 g/mol. The fourth-order valence-corrected chi connectivity index (χ4v) is 3.45. The van der Waals surface area contributed by atoms with Gasteiger partial charge >= 0.3 is 0 Å². The van der Waals surface area contributed by atoms with Crippen LogP contribution in [0.2, 0.25) is 0 Å². The fraction of sp³-hybridized carbons (Fsp3) is 1.00. The number of nitrogens with zero attached hydrogens (tertiary/aromatic N) is 2. The van der Waals surface area contributed by atoms with Crippen LogP contribution in [0.25, 0.3) is 0 Å². The van der Waals surface area contributed by atoms with Crippen molar-refractivity contribution < 1.29 is 13.5 Å². The monoisotopic (exact) mass is 265 g/mol. The molecule has 0 aromatic rings. The number of nitrogens with two attached hydrogens (primary N) is 1. The molecular formula is C10H23N3O3S. The first-order chi connectivity index (χ1) is 7.89. The Morgan fingerprint density at radius 3 is 2.71 bits per heavy atom. The number of hydrogen-bond donors (Lipinski definition) is 2. The van der Waals surface area contributed by atoms with E-state index < -0.39 is 16.3 Å². The molecule has 102 valence electrons. The van der Waals surface area contributed by atoms with Crippen molar-refractivity contribution in [2.45, 2.75) is 25.9 Å². The first kappa shape index (κ1) is 14.8. The lowest BCUT2D eigenvalue weighted by atomic mass is 10.0. The minimum atomic E-state index is -3.38. The van der Waals surface area contributed by atoms with Gasteiger partial charge in [-0.3, -0.25) is 0 Å². The molecule has 1 saturated heterocycles. The largest absolute Gasteiger partial charge is 0.393 e. The average molecular weight is 265 g/mol. The fourth-order valence-electron chi connectivity index (χ4n) is 1.98. The van der Waals surface area contributed by atoms with E-state index in [1.165, 1.54) is 8.61 Å². The summed E-state index contributed by atoms with van der Waals surface area (Å²) in [4.78, 5) is 0. The molecule has 0 saturated carbocycles. The van der Waals surface area contributed by atoms with E-state index in [-0.39, 0.29) is 5.92 Å². The van der Waals surface area contributed by atoms with E-state index in [9.17, 15) is 13.5 Å². The van der Waals surface area contributed by atoms with Crippen LogP contribution in [-0.4, -0.2) is 61.5 Å². The molecule has 0 radical (unpaired) electrons. The molecule has 6 nitrogen and oxygen atoms in total. The van der Waals surface area contributed by atoms with Crippen LogP contribution in [0.15, 0.2) is 0 Å². The molecule has 0 aromatic heterocycles. The van der Waals surface area contributed by atoms with Gasteiger partial charge in [0.15, 0.2) is 0 Å². The Hall–Kier alpha value is -0.210. The van der Waals surface area contributed by atoms with Gasteiger partial charge in [0, 0.05) is 26.7 Å². The predicted molar refractivity (Wildman–Crippen MR) is 66.6 cm³/mol. The normalized spacial score (nSPS) is 24.4. The molecule has 2 unspecified atom stereocenters. The molecule has 0 spiro atoms. The highest BCUT2D eigenvalue weighted by molar-refractivity contribution is 7.86. The summed E-state index contributed by atoms with van der Waals surface area (Å²) in [5.74, 6) is 0.0488. The van der Waals surface area contributed by atoms with Crippen LogP contribution >= 0.6 is 0 Å². The number of hydrogen-bond acceptors (Lipinski definition) is 4. The maximum absolute atomic E-state index is 12.1. The summed E-state index contributed by atoms with van der Waals surface area (Å²) in [7, 11) is -1.81. The van der Waals surface area contributed by atoms with E-state index in [1.54, 1.807) is 14.0 Å². The minimum absolute atomic E-state index is 0.0488. The molecule has 1 rings (SSSR count). The second-order valence-electron chi connectivity index (χ2n) is 4.62. The standard InChI is InChI=1S/C10H23N3O3S/c1-9(14)10-4-7-13(8-10)17(15,16)12(2)6-3-5-11/h9-10,14H,3-8,11H2,1-2H3. The third kappa shape index (κ3) is 3.62. The van der Waals surface area contributed by atoms with Gasteiger partial charge in [0.05, 0.1) is 6.10 Å². The van der Waals surface area contributed by atoms with Crippen molar-refractivity contribution in [1.82, 2.24) is 8.61 Å². The average Bonchev–Trinajstić information content (AvgIpc) is 2.75. The van der Waals surface area contributed by atoms with Crippen LogP contribution in [0.1, 0.15) is 19.8 Å². The third-order valence-electron chi connectivity index (χ3n) is 3.27. The molecule has 2 atom stereocenters. The molecule has 1 aliphatic rings. The lowest BCUT2D eigenvalue weighted by molar-refractivity contribution is 0.132. The molecule has 1 fully saturated rings. The van der Waals surface area contributed by atoms with Gasteiger partial charge in [0.25, 0.3) is 10.2 Å². The lowest BCUT2D eigenvalue weighted by Crippen LogP contribution is -2.41. The van der Waals surface area contributed by atoms with E-state index in [2.05, 4.69) is 0 Å². The first-order valence-corrected chi connectivity index (χ1v) is 7.38. The van der Waals surface area contributed by atoms with Crippen LogP contribution in [0.4, 0.5) is 0 Å². The maximum atomic E-state index is 12.1. The molecule has 3 N–H and O–H groups in total. The molecule has 7 heteroatoms. The lowest BCUT2D eigenvalue weighted by Gasteiger charge is -2.24. The Bertz CT molecular complexity index is 332. The van der Waals surface area contributed by atoms with E-state index in [1.807, 2.05) is 0 Å². The quantitative estimate of drug-likeness (QED) is 0.659. The van der Waals surface area contributed by atoms with Crippen molar-refractivity contribution in [2.75, 3.05) is 33.2 Å². The zero-order valence-electron chi connectivity index (χ0n) is 10.5. The molecule has 0 bridgehead atoms. The van der Waals surface area contributed by atoms with Crippen LogP contribution in [0.3, 0.4) is 0 Å². The Morgan fingerprint density at radius 1 is 1.59 bits per heavy atom. The first-order valence-electron chi connectivity index (χ1n) is 5.99. The van der Waals surface area contributed by atoms with Gasteiger partial charge in [0.1, 0.15) is 0 Å². The van der Waals surface area contributed by atoms with E-state index in [0.717, 1.165) is 6.42 Å². The second kappa shape index (κ2) is 6.10. The van der Waals surface area contributed by atoms with Crippen molar-refractivity contribution in [3.8, 4) is 0 Å². The Balaban J connectivity index is 2.60. The van der Waals surface area contributed by atoms with Gasteiger partial charge < -0.3 is 10.8 Å². The smallest absolute Gasteiger partial charge is 0.281 e. The summed E-state index contributed by atoms with van der Waals surface area (Å²) < 4.78 is 27.1. The summed E-state index contributed by atoms with van der Waals surface area (Å²) in [6.45, 7) is 3.53. The van der Waals surface area contributed by atoms with Gasteiger partial charge in [-0.1, -0.05) is 0 Å². The highest BCUT2D eigenvalue weighted by atomic mass is 32.2. The maximum Gasteiger partial charge on any atom is 0.281 e. The van der Waals surface area contributed by atoms with Crippen molar-refractivity contribution in [3.63, 3.8) is 0 Å². The summed E-state index contributed by atoms with van der Waals surface area (Å²) >= 11 is 0. The van der Waals surface area contributed by atoms with E-state index >= 15 is 0 Å². The van der Waals surface area contributed by atoms with Gasteiger partial charge in [-0.15, -0.1) is 0 Å². The molecule has 0 aromatic carbocycles. The van der Waals surface area contributed by atoms with Crippen molar-refractivity contribution in [2.24, 2.45) is 11.7 Å². The van der Waals surface area contributed by atoms with E-state index in [0.29, 0.717) is 32.6 Å². The van der Waals surface area contributed by atoms with Gasteiger partial charge in [0.2, 0.25) is 0 Å². The predicted octanol–water partition coefficient (Wildman–Crippen LogP) is -0.785. The number of aliphatic hydroxyl groups is 1. The number of aliphatic hydroxyl groups excluding tert-OH is 1. The van der Waals surface area contributed by atoms with Gasteiger partial charge in [-0.25, -0.2) is 0 Å². The SMILES string of the molecule is CC(O)C1CCN(S(=O)(=O)N(C)CCCN)C1. The van der Waals surface area contributed by atoms with E-state index in [4.69, 9.17) is 5.73 Å². The van der Waals surface area contributed by atoms with Gasteiger partial charge in [-0.2, -0.15) is 17.0 Å². The van der Waals surface area contributed by atoms with Gasteiger partial charge in [-0.05, 0) is 32.2 Å². The zero-order valence-corrected chi connectivity index (χ0v) is 11.4. The van der Waals surface area contributed by atoms with Crippen molar-refractivity contribution in [3.05, 3.63) is 0 Å². The summed E-state index contributed by atoms with van der Waals surface area (Å²) in [5, 5.41) is 9.46. The highest BCUT2D eigenvalue weighted by Crippen LogP contribution is 2.23. The molecule has 1 aliphatic heterocycles. The van der Waals surface area contributed by atoms with Crippen molar-refractivity contribution in [1.29, 1.82) is 0 Å². The number of rotatable bonds is 6. The molecule has 1 heterocycles. The van der Waals surface area contributed by atoms with Crippen LogP contribution in [0.5, 0.6) is 0 Å². The van der Waals surface area contributed by atoms with Crippen LogP contribution in [0, 0.1) is 5.92 Å². The Labute approximate surface area is 104 Å². The summed E-state index contributed by atoms with van der Waals surface area (Å²) in [5.41, 5.74) is 5.37. The summed E-state index contributed by atoms with van der Waals surface area (Å²) in [6.07, 6.45) is 0.926. The topological polar surface area (TPSA) is 86.9 Å². The minimum Gasteiger partial charge on any atom is -0.393 e.